The van der Waals surface area contributed by atoms with Crippen LogP contribution < -0.4 is 10.1 Å². The van der Waals surface area contributed by atoms with Gasteiger partial charge in [0.2, 0.25) is 0 Å². The molecule has 102 valence electrons. The van der Waals surface area contributed by atoms with E-state index < -0.39 is 0 Å². The predicted molar refractivity (Wildman–Crippen MR) is 77.5 cm³/mol. The van der Waals surface area contributed by atoms with Crippen LogP contribution in [-0.4, -0.2) is 30.6 Å². The summed E-state index contributed by atoms with van der Waals surface area (Å²) in [6.45, 7) is 0.907. The molecule has 2 fully saturated rings. The first-order valence-corrected chi connectivity index (χ1v) is 7.38. The van der Waals surface area contributed by atoms with Crippen molar-refractivity contribution in [1.29, 1.82) is 0 Å². The Morgan fingerprint density at radius 3 is 2.95 bits per heavy atom. The Morgan fingerprint density at radius 1 is 1.47 bits per heavy atom. The second-order valence-corrected chi connectivity index (χ2v) is 6.12. The molecule has 2 bridgehead atoms. The highest BCUT2D eigenvalue weighted by molar-refractivity contribution is 9.10. The molecule has 1 aromatic carbocycles. The summed E-state index contributed by atoms with van der Waals surface area (Å²) in [5.74, 6) is 1.44. The third-order valence-corrected chi connectivity index (χ3v) is 4.73. The Hall–Kier alpha value is -1.23. The first-order chi connectivity index (χ1) is 9.17. The molecule has 1 heterocycles. The Kier molecular flexibility index (Phi) is 3.39. The third-order valence-electron chi connectivity index (χ3n) is 4.07. The van der Waals surface area contributed by atoms with Crippen molar-refractivity contribution in [1.82, 2.24) is 4.90 Å². The molecular weight excluding hydrogens is 308 g/mol. The van der Waals surface area contributed by atoms with Crippen LogP contribution >= 0.6 is 15.9 Å². The van der Waals surface area contributed by atoms with Crippen molar-refractivity contribution in [3.05, 3.63) is 22.7 Å². The summed E-state index contributed by atoms with van der Waals surface area (Å²) in [6, 6.07) is 6.04. The maximum Gasteiger partial charge on any atom is 0.322 e. The van der Waals surface area contributed by atoms with Crippen molar-refractivity contribution in [2.24, 2.45) is 5.92 Å². The number of urea groups is 1. The number of likely N-dealkylation sites (tertiary alicyclic amines) is 1. The van der Waals surface area contributed by atoms with Crippen molar-refractivity contribution in [3.8, 4) is 5.75 Å². The van der Waals surface area contributed by atoms with Crippen LogP contribution in [0.15, 0.2) is 22.7 Å². The number of methoxy groups -OCH3 is 1. The summed E-state index contributed by atoms with van der Waals surface area (Å²) >= 11 is 3.40. The molecule has 4 nitrogen and oxygen atoms in total. The van der Waals surface area contributed by atoms with Gasteiger partial charge in [0.05, 0.1) is 11.6 Å². The average Bonchev–Trinajstić information content (AvgIpc) is 3.03. The number of amides is 2. The Bertz CT molecular complexity index is 506. The van der Waals surface area contributed by atoms with E-state index >= 15 is 0 Å². The summed E-state index contributed by atoms with van der Waals surface area (Å²) in [4.78, 5) is 14.2. The zero-order valence-electron chi connectivity index (χ0n) is 10.9. The van der Waals surface area contributed by atoms with Gasteiger partial charge in [-0.3, -0.25) is 0 Å². The van der Waals surface area contributed by atoms with Gasteiger partial charge in [0.25, 0.3) is 0 Å². The van der Waals surface area contributed by atoms with Gasteiger partial charge >= 0.3 is 6.03 Å². The first-order valence-electron chi connectivity index (χ1n) is 6.58. The molecule has 1 N–H and O–H groups in total. The molecular formula is C14H17BrN2O2. The van der Waals surface area contributed by atoms with Gasteiger partial charge in [0.1, 0.15) is 5.75 Å². The predicted octanol–water partition coefficient (Wildman–Crippen LogP) is 3.47. The lowest BCUT2D eigenvalue weighted by molar-refractivity contribution is 0.194. The minimum Gasteiger partial charge on any atom is -0.495 e. The van der Waals surface area contributed by atoms with Crippen LogP contribution in [0.4, 0.5) is 10.5 Å². The topological polar surface area (TPSA) is 41.6 Å². The van der Waals surface area contributed by atoms with E-state index in [4.69, 9.17) is 4.74 Å². The monoisotopic (exact) mass is 324 g/mol. The van der Waals surface area contributed by atoms with Crippen molar-refractivity contribution in [2.45, 2.75) is 25.3 Å². The fourth-order valence-corrected chi connectivity index (χ4v) is 3.51. The van der Waals surface area contributed by atoms with E-state index in [9.17, 15) is 4.79 Å². The minimum absolute atomic E-state index is 0.0107. The van der Waals surface area contributed by atoms with Crippen LogP contribution in [0.25, 0.3) is 0 Å². The molecule has 1 aliphatic carbocycles. The quantitative estimate of drug-likeness (QED) is 0.904. The number of hydrogen-bond acceptors (Lipinski definition) is 2. The highest BCUT2D eigenvalue weighted by Crippen LogP contribution is 2.37. The van der Waals surface area contributed by atoms with Crippen molar-refractivity contribution in [2.75, 3.05) is 19.0 Å². The molecule has 0 unspecified atom stereocenters. The number of halogens is 1. The second-order valence-electron chi connectivity index (χ2n) is 5.26. The number of carbonyl (C=O) groups is 1. The standard InChI is InChI=1S/C14H17BrN2O2/c1-19-13-7-10(3-5-12(13)15)16-14(18)17-8-9-2-4-11(17)6-9/h3,5,7,9,11H,2,4,6,8H2,1H3,(H,16,18)/t9-,11-/m0/s1. The maximum absolute atomic E-state index is 12.3. The molecule has 5 heteroatoms. The normalized spacial score (nSPS) is 24.6. The van der Waals surface area contributed by atoms with Crippen LogP contribution in [0.2, 0.25) is 0 Å². The fourth-order valence-electron chi connectivity index (χ4n) is 3.11. The van der Waals surface area contributed by atoms with Crippen molar-refractivity contribution < 1.29 is 9.53 Å². The number of fused-ring (bicyclic) bond motifs is 2. The van der Waals surface area contributed by atoms with Gasteiger partial charge < -0.3 is 15.0 Å². The zero-order valence-corrected chi connectivity index (χ0v) is 12.4. The number of anilines is 1. The van der Waals surface area contributed by atoms with Gasteiger partial charge in [-0.25, -0.2) is 4.79 Å². The third kappa shape index (κ3) is 2.43. The molecule has 2 aliphatic rings. The minimum atomic E-state index is 0.0107. The maximum atomic E-state index is 12.3. The molecule has 19 heavy (non-hydrogen) atoms. The van der Waals surface area contributed by atoms with Crippen LogP contribution in [-0.2, 0) is 0 Å². The number of ether oxygens (including phenoxy) is 1. The number of rotatable bonds is 2. The van der Waals surface area contributed by atoms with Crippen molar-refractivity contribution in [3.63, 3.8) is 0 Å². The Balaban J connectivity index is 1.69. The molecule has 1 aliphatic heterocycles. The summed E-state index contributed by atoms with van der Waals surface area (Å²) < 4.78 is 6.11. The van der Waals surface area contributed by atoms with E-state index in [0.717, 1.165) is 34.8 Å². The van der Waals surface area contributed by atoms with E-state index in [-0.39, 0.29) is 6.03 Å². The number of carbonyl (C=O) groups excluding carboxylic acids is 1. The Labute approximate surface area is 121 Å². The van der Waals surface area contributed by atoms with Gasteiger partial charge in [-0.2, -0.15) is 0 Å². The SMILES string of the molecule is COc1cc(NC(=O)N2C[C@H]3CC[C@H]2C3)ccc1Br. The average molecular weight is 325 g/mol. The van der Waals surface area contributed by atoms with E-state index in [0.29, 0.717) is 6.04 Å². The lowest BCUT2D eigenvalue weighted by Crippen LogP contribution is -2.40. The smallest absolute Gasteiger partial charge is 0.322 e. The molecule has 0 aromatic heterocycles. The molecule has 3 rings (SSSR count). The highest BCUT2D eigenvalue weighted by Gasteiger charge is 2.40. The summed E-state index contributed by atoms with van der Waals surface area (Å²) in [5.41, 5.74) is 0.771. The van der Waals surface area contributed by atoms with E-state index in [1.807, 2.05) is 23.1 Å². The van der Waals surface area contributed by atoms with Gasteiger partial charge in [-0.1, -0.05) is 0 Å². The molecule has 2 atom stereocenters. The van der Waals surface area contributed by atoms with E-state index in [1.165, 1.54) is 12.8 Å². The largest absolute Gasteiger partial charge is 0.495 e. The van der Waals surface area contributed by atoms with Crippen LogP contribution in [0.5, 0.6) is 5.75 Å². The van der Waals surface area contributed by atoms with Crippen LogP contribution in [0.3, 0.4) is 0 Å². The molecule has 1 saturated heterocycles. The number of hydrogen-bond donors (Lipinski definition) is 1. The van der Waals surface area contributed by atoms with E-state index in [2.05, 4.69) is 21.2 Å². The van der Waals surface area contributed by atoms with Crippen LogP contribution in [0.1, 0.15) is 19.3 Å². The molecule has 0 spiro atoms. The number of benzene rings is 1. The van der Waals surface area contributed by atoms with Gasteiger partial charge in [0.15, 0.2) is 0 Å². The van der Waals surface area contributed by atoms with E-state index in [1.54, 1.807) is 7.11 Å². The van der Waals surface area contributed by atoms with Gasteiger partial charge in [-0.05, 0) is 53.2 Å². The Morgan fingerprint density at radius 2 is 2.32 bits per heavy atom. The van der Waals surface area contributed by atoms with Gasteiger partial charge in [-0.15, -0.1) is 0 Å². The molecule has 0 radical (unpaired) electrons. The fraction of sp³-hybridized carbons (Fsp3) is 0.500. The van der Waals surface area contributed by atoms with Crippen LogP contribution in [0, 0.1) is 5.92 Å². The van der Waals surface area contributed by atoms with Crippen molar-refractivity contribution >= 4 is 27.6 Å². The lowest BCUT2D eigenvalue weighted by atomic mass is 10.1. The first kappa shape index (κ1) is 12.8. The number of piperidine rings is 1. The van der Waals surface area contributed by atoms with Gasteiger partial charge in [0, 0.05) is 24.3 Å². The highest BCUT2D eigenvalue weighted by atomic mass is 79.9. The molecule has 1 saturated carbocycles. The number of nitrogens with zero attached hydrogens (tertiary/aromatic N) is 1. The lowest BCUT2D eigenvalue weighted by Gasteiger charge is -2.27. The summed E-state index contributed by atoms with van der Waals surface area (Å²) in [5, 5.41) is 2.96. The summed E-state index contributed by atoms with van der Waals surface area (Å²) in [6.07, 6.45) is 3.61. The number of nitrogens with one attached hydrogen (secondary N) is 1. The molecule has 1 aromatic rings. The molecule has 2 amide bonds. The summed E-state index contributed by atoms with van der Waals surface area (Å²) in [7, 11) is 1.62. The zero-order chi connectivity index (χ0) is 13.4. The second kappa shape index (κ2) is 5.04.